The van der Waals surface area contributed by atoms with E-state index in [4.69, 9.17) is 16.3 Å². The Labute approximate surface area is 120 Å². The highest BCUT2D eigenvalue weighted by molar-refractivity contribution is 6.30. The van der Waals surface area contributed by atoms with Crippen LogP contribution in [0.25, 0.3) is 0 Å². The molecule has 0 bridgehead atoms. The van der Waals surface area contributed by atoms with Gasteiger partial charge in [0.15, 0.2) is 11.7 Å². The van der Waals surface area contributed by atoms with Crippen LogP contribution in [-0.4, -0.2) is 23.0 Å². The first-order chi connectivity index (χ1) is 9.56. The number of hydrogen-bond donors (Lipinski definition) is 1. The Bertz CT molecular complexity index is 642. The average Bonchev–Trinajstić information content (AvgIpc) is 2.40. The third kappa shape index (κ3) is 2.11. The summed E-state index contributed by atoms with van der Waals surface area (Å²) in [5.74, 6) is -1.96. The van der Waals surface area contributed by atoms with Crippen molar-refractivity contribution in [2.75, 3.05) is 0 Å². The molecule has 0 aromatic heterocycles. The van der Waals surface area contributed by atoms with Crippen molar-refractivity contribution in [3.8, 4) is 0 Å². The number of aliphatic hydroxyl groups excluding tert-OH is 1. The van der Waals surface area contributed by atoms with Crippen molar-refractivity contribution in [1.29, 1.82) is 0 Å². The van der Waals surface area contributed by atoms with E-state index < -0.39 is 18.0 Å². The highest BCUT2D eigenvalue weighted by atomic mass is 35.5. The lowest BCUT2D eigenvalue weighted by atomic mass is 9.85. The number of hydrogen-bond acceptors (Lipinski definition) is 4. The zero-order valence-corrected chi connectivity index (χ0v) is 11.0. The quantitative estimate of drug-likeness (QED) is 0.631. The van der Waals surface area contributed by atoms with Crippen LogP contribution < -0.4 is 0 Å². The molecule has 0 amide bonds. The van der Waals surface area contributed by atoms with Crippen molar-refractivity contribution >= 4 is 23.4 Å². The molecule has 0 spiro atoms. The fourth-order valence-electron chi connectivity index (χ4n) is 2.23. The molecule has 4 nitrogen and oxygen atoms in total. The fourth-order valence-corrected chi connectivity index (χ4v) is 2.34. The number of ether oxygens (including phenoxy) is 1. The molecule has 100 valence electrons. The molecule has 1 fully saturated rings. The number of halogens is 1. The molecule has 1 aromatic rings. The zero-order valence-electron chi connectivity index (χ0n) is 10.2. The van der Waals surface area contributed by atoms with Gasteiger partial charge in [-0.1, -0.05) is 23.7 Å². The molecule has 1 aliphatic heterocycles. The summed E-state index contributed by atoms with van der Waals surface area (Å²) in [6.07, 6.45) is 2.55. The van der Waals surface area contributed by atoms with E-state index in [1.807, 2.05) is 0 Å². The molecule has 20 heavy (non-hydrogen) atoms. The number of aliphatic hydroxyl groups is 1. The topological polar surface area (TPSA) is 63.6 Å². The van der Waals surface area contributed by atoms with E-state index >= 15 is 0 Å². The van der Waals surface area contributed by atoms with Gasteiger partial charge in [0.05, 0.1) is 16.7 Å². The molecule has 1 aliphatic carbocycles. The van der Waals surface area contributed by atoms with Crippen molar-refractivity contribution in [2.45, 2.75) is 18.4 Å². The van der Waals surface area contributed by atoms with Crippen LogP contribution in [0.1, 0.15) is 17.9 Å². The van der Waals surface area contributed by atoms with E-state index in [2.05, 4.69) is 12.1 Å². The number of carbonyl (C=O) groups excluding carboxylic acids is 2. The Hall–Kier alpha value is -2.09. The summed E-state index contributed by atoms with van der Waals surface area (Å²) in [6, 6.07) is 8.41. The van der Waals surface area contributed by atoms with Crippen molar-refractivity contribution < 1.29 is 19.4 Å². The summed E-state index contributed by atoms with van der Waals surface area (Å²) in [5, 5.41) is 9.84. The second-order valence-corrected chi connectivity index (χ2v) is 4.96. The van der Waals surface area contributed by atoms with Gasteiger partial charge in [0.1, 0.15) is 5.76 Å². The van der Waals surface area contributed by atoms with E-state index in [9.17, 15) is 14.7 Å². The second kappa shape index (κ2) is 4.78. The molecule has 2 atom stereocenters. The fraction of sp³-hybridized carbons (Fsp3) is 0.200. The van der Waals surface area contributed by atoms with E-state index in [-0.39, 0.29) is 11.5 Å². The van der Waals surface area contributed by atoms with Gasteiger partial charge in [-0.25, -0.2) is 0 Å². The molecule has 5 heteroatoms. The van der Waals surface area contributed by atoms with Crippen LogP contribution in [0.3, 0.4) is 0 Å². The Morgan fingerprint density at radius 3 is 2.80 bits per heavy atom. The lowest BCUT2D eigenvalue weighted by Crippen LogP contribution is -2.33. The second-order valence-electron chi connectivity index (χ2n) is 4.56. The molecular formula is C15H9ClO4. The van der Waals surface area contributed by atoms with Gasteiger partial charge in [-0.05, 0) is 30.7 Å². The van der Waals surface area contributed by atoms with Crippen LogP contribution in [0, 0.1) is 12.1 Å². The number of rotatable bonds is 1. The summed E-state index contributed by atoms with van der Waals surface area (Å²) in [6.45, 7) is 0. The first-order valence-electron chi connectivity index (χ1n) is 6.02. The number of allylic oxidation sites excluding steroid dienone is 1. The van der Waals surface area contributed by atoms with E-state index in [1.165, 1.54) is 12.1 Å². The SMILES string of the molecule is O=C1OC2=CC(O)CC=C2C(=O)C1c1c#cc(Cl)cc1. The third-order valence-electron chi connectivity index (χ3n) is 3.19. The Morgan fingerprint density at radius 1 is 1.30 bits per heavy atom. The minimum Gasteiger partial charge on any atom is -0.425 e. The number of carbonyl (C=O) groups is 2. The molecular weight excluding hydrogens is 280 g/mol. The van der Waals surface area contributed by atoms with Crippen molar-refractivity contribution in [3.63, 3.8) is 0 Å². The lowest BCUT2D eigenvalue weighted by molar-refractivity contribution is -0.146. The highest BCUT2D eigenvalue weighted by Crippen LogP contribution is 2.34. The summed E-state index contributed by atoms with van der Waals surface area (Å²) >= 11 is 5.71. The summed E-state index contributed by atoms with van der Waals surface area (Å²) < 4.78 is 5.13. The van der Waals surface area contributed by atoms with Crippen LogP contribution in [-0.2, 0) is 14.3 Å². The average molecular weight is 289 g/mol. The summed E-state index contributed by atoms with van der Waals surface area (Å²) in [7, 11) is 0. The van der Waals surface area contributed by atoms with Crippen LogP contribution in [0.15, 0.2) is 35.6 Å². The maximum atomic E-state index is 12.4. The lowest BCUT2D eigenvalue weighted by Gasteiger charge is -2.26. The molecule has 0 saturated carbocycles. The van der Waals surface area contributed by atoms with Crippen LogP contribution in [0.2, 0.25) is 5.02 Å². The minimum absolute atomic E-state index is 0.132. The van der Waals surface area contributed by atoms with E-state index in [0.29, 0.717) is 22.6 Å². The molecule has 1 heterocycles. The van der Waals surface area contributed by atoms with Gasteiger partial charge in [-0.15, -0.1) is 0 Å². The maximum absolute atomic E-state index is 12.4. The van der Waals surface area contributed by atoms with Gasteiger partial charge < -0.3 is 9.84 Å². The molecule has 2 unspecified atom stereocenters. The number of esters is 1. The standard InChI is InChI=1S/C15H9ClO4/c16-9-3-1-8(2-4-9)13-14(18)11-6-5-10(17)7-12(11)20-15(13)19/h1,3,6-7,10,13,17H,5H2. The summed E-state index contributed by atoms with van der Waals surface area (Å²) in [4.78, 5) is 24.4. The monoisotopic (exact) mass is 288 g/mol. The third-order valence-corrected chi connectivity index (χ3v) is 3.41. The molecule has 1 saturated heterocycles. The largest absolute Gasteiger partial charge is 0.425 e. The number of Topliss-reactive ketones (excluding diaryl/α,β-unsaturated/α-hetero) is 1. The number of fused-ring (bicyclic) bond motifs is 1. The Morgan fingerprint density at radius 2 is 2.10 bits per heavy atom. The summed E-state index contributed by atoms with van der Waals surface area (Å²) in [5.41, 5.74) is 0.693. The van der Waals surface area contributed by atoms with Gasteiger partial charge in [0, 0.05) is 5.56 Å². The van der Waals surface area contributed by atoms with Crippen LogP contribution >= 0.6 is 11.6 Å². The van der Waals surface area contributed by atoms with Gasteiger partial charge in [0.2, 0.25) is 0 Å². The Kier molecular flexibility index (Phi) is 3.09. The molecule has 3 rings (SSSR count). The van der Waals surface area contributed by atoms with E-state index in [1.54, 1.807) is 12.1 Å². The molecule has 1 N–H and O–H groups in total. The first kappa shape index (κ1) is 12.9. The van der Waals surface area contributed by atoms with Gasteiger partial charge in [0.25, 0.3) is 0 Å². The highest BCUT2D eigenvalue weighted by Gasteiger charge is 2.41. The number of ketones is 1. The normalized spacial score (nSPS) is 25.1. The van der Waals surface area contributed by atoms with E-state index in [0.717, 1.165) is 0 Å². The van der Waals surface area contributed by atoms with Crippen LogP contribution in [0.4, 0.5) is 0 Å². The first-order valence-corrected chi connectivity index (χ1v) is 6.40. The van der Waals surface area contributed by atoms with Gasteiger partial charge in [-0.2, -0.15) is 0 Å². The predicted molar refractivity (Wildman–Crippen MR) is 69.8 cm³/mol. The molecule has 1 aromatic carbocycles. The molecule has 2 aliphatic rings. The van der Waals surface area contributed by atoms with Crippen LogP contribution in [0.5, 0.6) is 0 Å². The minimum atomic E-state index is -1.05. The zero-order chi connectivity index (χ0) is 14.3. The van der Waals surface area contributed by atoms with Crippen molar-refractivity contribution in [3.05, 3.63) is 58.3 Å². The van der Waals surface area contributed by atoms with Crippen molar-refractivity contribution in [1.82, 2.24) is 0 Å². The van der Waals surface area contributed by atoms with Crippen molar-refractivity contribution in [2.24, 2.45) is 0 Å². The van der Waals surface area contributed by atoms with Gasteiger partial charge >= 0.3 is 5.97 Å². The maximum Gasteiger partial charge on any atom is 0.327 e. The smallest absolute Gasteiger partial charge is 0.327 e. The Balaban J connectivity index is 1.98. The predicted octanol–water partition coefficient (Wildman–Crippen LogP) is 1.72. The molecule has 0 radical (unpaired) electrons. The van der Waals surface area contributed by atoms with Gasteiger partial charge in [-0.3, -0.25) is 9.59 Å².